The summed E-state index contributed by atoms with van der Waals surface area (Å²) in [6.07, 6.45) is 3.80. The highest BCUT2D eigenvalue weighted by atomic mass is 19.1. The lowest BCUT2D eigenvalue weighted by molar-refractivity contribution is -0.132. The van der Waals surface area contributed by atoms with Crippen LogP contribution < -0.4 is 10.6 Å². The van der Waals surface area contributed by atoms with Crippen LogP contribution >= 0.6 is 0 Å². The standard InChI is InChI=1S/C23H26FN3O3/c1-23(22(25)29,15-7-9-16(24)10-8-15)20-12-11-18-17(26-20)5-4-13-27(18)21(28)19-6-2-3-14-30-19/h7-12,19H,2-6,13-14H2,1H3,(H2,25,29). The number of carbonyl (C=O) groups excluding carboxylic acids is 2. The summed E-state index contributed by atoms with van der Waals surface area (Å²) in [6, 6.07) is 9.29. The van der Waals surface area contributed by atoms with E-state index in [0.29, 0.717) is 30.8 Å². The average molecular weight is 411 g/mol. The molecule has 0 saturated carbocycles. The predicted octanol–water partition coefficient (Wildman–Crippen LogP) is 2.86. The molecule has 0 spiro atoms. The maximum absolute atomic E-state index is 13.4. The number of nitrogens with two attached hydrogens (primary N) is 1. The van der Waals surface area contributed by atoms with Crippen LogP contribution in [0, 0.1) is 5.82 Å². The molecular formula is C23H26FN3O3. The van der Waals surface area contributed by atoms with Gasteiger partial charge in [0.25, 0.3) is 5.91 Å². The van der Waals surface area contributed by atoms with Gasteiger partial charge in [-0.1, -0.05) is 12.1 Å². The van der Waals surface area contributed by atoms with E-state index in [1.54, 1.807) is 30.0 Å². The van der Waals surface area contributed by atoms with Crippen LogP contribution in [0.5, 0.6) is 0 Å². The Bertz CT molecular complexity index is 957. The molecule has 1 aromatic carbocycles. The quantitative estimate of drug-likeness (QED) is 0.838. The summed E-state index contributed by atoms with van der Waals surface area (Å²) in [7, 11) is 0. The molecule has 2 aliphatic heterocycles. The second-order valence-electron chi connectivity index (χ2n) is 8.11. The van der Waals surface area contributed by atoms with Crippen molar-refractivity contribution in [3.63, 3.8) is 0 Å². The van der Waals surface area contributed by atoms with E-state index in [1.807, 2.05) is 6.07 Å². The minimum Gasteiger partial charge on any atom is -0.369 e. The van der Waals surface area contributed by atoms with Gasteiger partial charge in [-0.3, -0.25) is 14.6 Å². The van der Waals surface area contributed by atoms with Crippen molar-refractivity contribution in [1.82, 2.24) is 4.98 Å². The number of halogens is 1. The SMILES string of the molecule is CC(C(N)=O)(c1ccc(F)cc1)c1ccc2c(n1)CCCN2C(=O)C1CCCCO1. The second-order valence-corrected chi connectivity index (χ2v) is 8.11. The summed E-state index contributed by atoms with van der Waals surface area (Å²) in [6.45, 7) is 2.93. The maximum atomic E-state index is 13.4. The summed E-state index contributed by atoms with van der Waals surface area (Å²) in [5.41, 5.74) is 7.14. The molecule has 3 heterocycles. The highest BCUT2D eigenvalue weighted by Crippen LogP contribution is 2.35. The maximum Gasteiger partial charge on any atom is 0.256 e. The lowest BCUT2D eigenvalue weighted by atomic mass is 9.78. The third-order valence-electron chi connectivity index (χ3n) is 6.18. The van der Waals surface area contributed by atoms with Crippen LogP contribution in [0.1, 0.15) is 49.6 Å². The summed E-state index contributed by atoms with van der Waals surface area (Å²) in [5.74, 6) is -0.981. The van der Waals surface area contributed by atoms with Crippen LogP contribution in [0.3, 0.4) is 0 Å². The molecule has 158 valence electrons. The zero-order chi connectivity index (χ0) is 21.3. The number of fused-ring (bicyclic) bond motifs is 1. The fourth-order valence-electron chi connectivity index (χ4n) is 4.27. The van der Waals surface area contributed by atoms with Crippen LogP contribution in [0.25, 0.3) is 0 Å². The lowest BCUT2D eigenvalue weighted by Crippen LogP contribution is -2.45. The van der Waals surface area contributed by atoms with E-state index in [-0.39, 0.29) is 11.7 Å². The van der Waals surface area contributed by atoms with E-state index >= 15 is 0 Å². The molecule has 2 unspecified atom stereocenters. The minimum atomic E-state index is -1.21. The molecular weight excluding hydrogens is 385 g/mol. The van der Waals surface area contributed by atoms with Crippen LogP contribution in [-0.4, -0.2) is 36.1 Å². The molecule has 1 aromatic heterocycles. The highest BCUT2D eigenvalue weighted by Gasteiger charge is 2.38. The number of aryl methyl sites for hydroxylation is 1. The van der Waals surface area contributed by atoms with Gasteiger partial charge in [-0.05, 0) is 68.9 Å². The summed E-state index contributed by atoms with van der Waals surface area (Å²) < 4.78 is 19.1. The zero-order valence-corrected chi connectivity index (χ0v) is 17.1. The Balaban J connectivity index is 1.69. The number of aromatic nitrogens is 1. The third-order valence-corrected chi connectivity index (χ3v) is 6.18. The fourth-order valence-corrected chi connectivity index (χ4v) is 4.27. The number of nitrogens with zero attached hydrogens (tertiary/aromatic N) is 2. The number of primary amides is 1. The van der Waals surface area contributed by atoms with E-state index in [1.165, 1.54) is 12.1 Å². The van der Waals surface area contributed by atoms with Gasteiger partial charge in [-0.25, -0.2) is 4.39 Å². The largest absolute Gasteiger partial charge is 0.369 e. The second kappa shape index (κ2) is 8.14. The Morgan fingerprint density at radius 1 is 1.17 bits per heavy atom. The first-order chi connectivity index (χ1) is 14.4. The topological polar surface area (TPSA) is 85.5 Å². The number of hydrogen-bond acceptors (Lipinski definition) is 4. The monoisotopic (exact) mass is 411 g/mol. The van der Waals surface area contributed by atoms with Crippen molar-refractivity contribution in [1.29, 1.82) is 0 Å². The van der Waals surface area contributed by atoms with Gasteiger partial charge in [-0.2, -0.15) is 0 Å². The smallest absolute Gasteiger partial charge is 0.256 e. The van der Waals surface area contributed by atoms with Crippen LogP contribution in [0.15, 0.2) is 36.4 Å². The number of benzene rings is 1. The number of carbonyl (C=O) groups is 2. The van der Waals surface area contributed by atoms with Crippen molar-refractivity contribution in [2.45, 2.75) is 50.5 Å². The molecule has 30 heavy (non-hydrogen) atoms. The normalized spacial score (nSPS) is 20.9. The van der Waals surface area contributed by atoms with Crippen molar-refractivity contribution in [2.75, 3.05) is 18.1 Å². The minimum absolute atomic E-state index is 0.0265. The van der Waals surface area contributed by atoms with Gasteiger partial charge in [0.05, 0.1) is 17.1 Å². The molecule has 2 aliphatic rings. The molecule has 0 aliphatic carbocycles. The molecule has 1 saturated heterocycles. The molecule has 2 N–H and O–H groups in total. The molecule has 2 atom stereocenters. The van der Waals surface area contributed by atoms with Gasteiger partial charge in [0.1, 0.15) is 17.3 Å². The first-order valence-electron chi connectivity index (χ1n) is 10.4. The van der Waals surface area contributed by atoms with E-state index in [2.05, 4.69) is 0 Å². The van der Waals surface area contributed by atoms with Gasteiger partial charge in [0, 0.05) is 13.2 Å². The van der Waals surface area contributed by atoms with Gasteiger partial charge < -0.3 is 15.4 Å². The summed E-state index contributed by atoms with van der Waals surface area (Å²) in [4.78, 5) is 32.0. The molecule has 7 heteroatoms. The van der Waals surface area contributed by atoms with Crippen LogP contribution in [-0.2, 0) is 26.2 Å². The predicted molar refractivity (Wildman–Crippen MR) is 111 cm³/mol. The van der Waals surface area contributed by atoms with Crippen LogP contribution in [0.4, 0.5) is 10.1 Å². The van der Waals surface area contributed by atoms with E-state index in [9.17, 15) is 14.0 Å². The third kappa shape index (κ3) is 3.58. The van der Waals surface area contributed by atoms with E-state index in [4.69, 9.17) is 15.5 Å². The number of amides is 2. The van der Waals surface area contributed by atoms with E-state index in [0.717, 1.165) is 37.1 Å². The number of ether oxygens (including phenoxy) is 1. The number of anilines is 1. The molecule has 2 amide bonds. The fraction of sp³-hybridized carbons (Fsp3) is 0.435. The molecule has 0 bridgehead atoms. The van der Waals surface area contributed by atoms with Crippen molar-refractivity contribution >= 4 is 17.5 Å². The van der Waals surface area contributed by atoms with Gasteiger partial charge >= 0.3 is 0 Å². The van der Waals surface area contributed by atoms with Gasteiger partial charge in [0.15, 0.2) is 0 Å². The Hall–Kier alpha value is -2.80. The summed E-state index contributed by atoms with van der Waals surface area (Å²) in [5, 5.41) is 0. The first kappa shape index (κ1) is 20.5. The van der Waals surface area contributed by atoms with Crippen molar-refractivity contribution in [2.24, 2.45) is 5.73 Å². The summed E-state index contributed by atoms with van der Waals surface area (Å²) >= 11 is 0. The average Bonchev–Trinajstić information content (AvgIpc) is 2.78. The zero-order valence-electron chi connectivity index (χ0n) is 17.1. The van der Waals surface area contributed by atoms with Gasteiger partial charge in [-0.15, -0.1) is 0 Å². The Morgan fingerprint density at radius 2 is 1.93 bits per heavy atom. The number of hydrogen-bond donors (Lipinski definition) is 1. The molecule has 0 radical (unpaired) electrons. The Kier molecular flexibility index (Phi) is 5.56. The van der Waals surface area contributed by atoms with Crippen molar-refractivity contribution < 1.29 is 18.7 Å². The molecule has 1 fully saturated rings. The molecule has 4 rings (SSSR count). The Morgan fingerprint density at radius 3 is 2.60 bits per heavy atom. The number of pyridine rings is 1. The van der Waals surface area contributed by atoms with Crippen molar-refractivity contribution in [3.05, 3.63) is 59.2 Å². The number of rotatable bonds is 4. The van der Waals surface area contributed by atoms with E-state index < -0.39 is 17.4 Å². The molecule has 6 nitrogen and oxygen atoms in total. The van der Waals surface area contributed by atoms with Crippen molar-refractivity contribution in [3.8, 4) is 0 Å². The Labute approximate surface area is 175 Å². The van der Waals surface area contributed by atoms with Crippen LogP contribution in [0.2, 0.25) is 0 Å². The lowest BCUT2D eigenvalue weighted by Gasteiger charge is -2.34. The highest BCUT2D eigenvalue weighted by molar-refractivity contribution is 5.97. The van der Waals surface area contributed by atoms with Gasteiger partial charge in [0.2, 0.25) is 5.91 Å². The first-order valence-corrected chi connectivity index (χ1v) is 10.4. The molecule has 2 aromatic rings.